The molecular weight excluding hydrogens is 244 g/mol. The van der Waals surface area contributed by atoms with Crippen LogP contribution in [-0.2, 0) is 19.1 Å². The zero-order valence-electron chi connectivity index (χ0n) is 11.2. The molecule has 0 N–H and O–H groups in total. The Morgan fingerprint density at radius 2 is 2.21 bits per heavy atom. The molecule has 0 aromatic rings. The maximum absolute atomic E-state index is 11.5. The van der Waals surface area contributed by atoms with Gasteiger partial charge in [-0.2, -0.15) is 0 Å². The van der Waals surface area contributed by atoms with Crippen LogP contribution in [0, 0.1) is 0 Å². The van der Waals surface area contributed by atoms with Gasteiger partial charge in [0.05, 0.1) is 7.11 Å². The predicted molar refractivity (Wildman–Crippen MR) is 72.3 cm³/mol. The lowest BCUT2D eigenvalue weighted by atomic mass is 10.0. The lowest BCUT2D eigenvalue weighted by Crippen LogP contribution is -2.16. The van der Waals surface area contributed by atoms with Crippen LogP contribution in [0.15, 0.2) is 47.6 Å². The molecule has 1 rings (SSSR count). The lowest BCUT2D eigenvalue weighted by molar-refractivity contribution is -0.141. The normalized spacial score (nSPS) is 17.9. The van der Waals surface area contributed by atoms with Gasteiger partial charge in [0, 0.05) is 12.0 Å². The molecule has 102 valence electrons. The Morgan fingerprint density at radius 1 is 1.42 bits per heavy atom. The Kier molecular flexibility index (Phi) is 6.36. The number of hydrogen-bond donors (Lipinski definition) is 0. The molecule has 0 aromatic heterocycles. The van der Waals surface area contributed by atoms with Crippen molar-refractivity contribution in [2.75, 3.05) is 13.7 Å². The quantitative estimate of drug-likeness (QED) is 0.564. The number of methoxy groups -OCH3 is 1. The fourth-order valence-electron chi connectivity index (χ4n) is 1.53. The predicted octanol–water partition coefficient (Wildman–Crippen LogP) is 2.48. The van der Waals surface area contributed by atoms with Crippen LogP contribution in [0.5, 0.6) is 0 Å². The maximum Gasteiger partial charge on any atom is 0.334 e. The van der Waals surface area contributed by atoms with Crippen LogP contribution in [0.2, 0.25) is 0 Å². The number of cyclic esters (lactones) is 1. The monoisotopic (exact) mass is 262 g/mol. The molecule has 1 aliphatic heterocycles. The summed E-state index contributed by atoms with van der Waals surface area (Å²) in [5, 5.41) is 0. The molecule has 0 saturated heterocycles. The number of hydrogen-bond acceptors (Lipinski definition) is 4. The summed E-state index contributed by atoms with van der Waals surface area (Å²) in [6, 6.07) is 0. The first-order valence-electron chi connectivity index (χ1n) is 6.10. The molecule has 0 amide bonds. The van der Waals surface area contributed by atoms with Crippen LogP contribution in [0.4, 0.5) is 0 Å². The van der Waals surface area contributed by atoms with Crippen molar-refractivity contribution in [1.29, 1.82) is 0 Å². The third-order valence-corrected chi connectivity index (χ3v) is 2.54. The molecule has 1 aliphatic rings. The summed E-state index contributed by atoms with van der Waals surface area (Å²) in [7, 11) is 1.33. The van der Waals surface area contributed by atoms with Gasteiger partial charge in [-0.15, -0.1) is 0 Å². The minimum atomic E-state index is -0.363. The molecule has 19 heavy (non-hydrogen) atoms. The van der Waals surface area contributed by atoms with Crippen LogP contribution in [0.1, 0.15) is 19.8 Å². The van der Waals surface area contributed by atoms with E-state index in [1.165, 1.54) is 7.11 Å². The summed E-state index contributed by atoms with van der Waals surface area (Å²) < 4.78 is 9.59. The number of allylic oxidation sites excluding steroid dienone is 5. The zero-order chi connectivity index (χ0) is 14.1. The smallest absolute Gasteiger partial charge is 0.334 e. The average molecular weight is 262 g/mol. The highest BCUT2D eigenvalue weighted by molar-refractivity contribution is 5.91. The number of esters is 2. The second-order valence-electron chi connectivity index (χ2n) is 3.97. The standard InChI is InChI=1S/C15H18O4/c1-3-4-5-6-7-12-10-13(15(17)19-11-12)8-9-14(16)18-2/h3-7,10H,8-9,11H2,1-2H3/b4-3+,6-5+,12-7+. The SMILES string of the molecule is C/C=C/C=C/C=C1\C=C(CCC(=O)OC)C(=O)OC1. The first-order valence-corrected chi connectivity index (χ1v) is 6.10. The van der Waals surface area contributed by atoms with E-state index in [0.717, 1.165) is 5.57 Å². The summed E-state index contributed by atoms with van der Waals surface area (Å²) in [5.74, 6) is -0.698. The van der Waals surface area contributed by atoms with Crippen LogP contribution in [0.3, 0.4) is 0 Å². The van der Waals surface area contributed by atoms with Gasteiger partial charge in [-0.05, 0) is 25.0 Å². The van der Waals surface area contributed by atoms with E-state index in [0.29, 0.717) is 12.0 Å². The van der Waals surface area contributed by atoms with Gasteiger partial charge in [0.1, 0.15) is 6.61 Å². The van der Waals surface area contributed by atoms with Gasteiger partial charge in [-0.25, -0.2) is 4.79 Å². The van der Waals surface area contributed by atoms with Crippen molar-refractivity contribution in [1.82, 2.24) is 0 Å². The van der Waals surface area contributed by atoms with Crippen LogP contribution >= 0.6 is 0 Å². The summed E-state index contributed by atoms with van der Waals surface area (Å²) in [4.78, 5) is 22.6. The minimum Gasteiger partial charge on any atom is -0.469 e. The van der Waals surface area contributed by atoms with E-state index in [2.05, 4.69) is 4.74 Å². The molecule has 1 heterocycles. The fraction of sp³-hybridized carbons (Fsp3) is 0.333. The number of ether oxygens (including phenoxy) is 2. The molecule has 4 heteroatoms. The third kappa shape index (κ3) is 5.38. The molecule has 0 unspecified atom stereocenters. The average Bonchev–Trinajstić information content (AvgIpc) is 2.43. The van der Waals surface area contributed by atoms with E-state index in [9.17, 15) is 9.59 Å². The maximum atomic E-state index is 11.5. The molecule has 0 radical (unpaired) electrons. The van der Waals surface area contributed by atoms with Gasteiger partial charge in [-0.1, -0.05) is 30.4 Å². The molecule has 0 aromatic carbocycles. The van der Waals surface area contributed by atoms with Crippen molar-refractivity contribution in [3.8, 4) is 0 Å². The van der Waals surface area contributed by atoms with Gasteiger partial charge in [0.15, 0.2) is 0 Å². The van der Waals surface area contributed by atoms with Crippen molar-refractivity contribution in [3.05, 3.63) is 47.6 Å². The fourth-order valence-corrected chi connectivity index (χ4v) is 1.53. The second-order valence-corrected chi connectivity index (χ2v) is 3.97. The number of rotatable bonds is 5. The topological polar surface area (TPSA) is 52.6 Å². The Bertz CT molecular complexity index is 453. The van der Waals surface area contributed by atoms with E-state index in [1.807, 2.05) is 37.3 Å². The summed E-state index contributed by atoms with van der Waals surface area (Å²) in [6.45, 7) is 2.20. The molecular formula is C15H18O4. The van der Waals surface area contributed by atoms with Crippen molar-refractivity contribution in [2.24, 2.45) is 0 Å². The van der Waals surface area contributed by atoms with Gasteiger partial charge in [-0.3, -0.25) is 4.79 Å². The Morgan fingerprint density at radius 3 is 2.89 bits per heavy atom. The van der Waals surface area contributed by atoms with Crippen LogP contribution < -0.4 is 0 Å². The van der Waals surface area contributed by atoms with E-state index < -0.39 is 0 Å². The molecule has 0 saturated carbocycles. The Labute approximate surface area is 113 Å². The van der Waals surface area contributed by atoms with Crippen LogP contribution in [0.25, 0.3) is 0 Å². The van der Waals surface area contributed by atoms with Gasteiger partial charge >= 0.3 is 11.9 Å². The highest BCUT2D eigenvalue weighted by Gasteiger charge is 2.18. The Balaban J connectivity index is 2.69. The van der Waals surface area contributed by atoms with Gasteiger partial charge < -0.3 is 9.47 Å². The second kappa shape index (κ2) is 8.08. The van der Waals surface area contributed by atoms with Crippen LogP contribution in [-0.4, -0.2) is 25.7 Å². The largest absolute Gasteiger partial charge is 0.469 e. The Hall–Kier alpha value is -2.10. The summed E-state index contributed by atoms with van der Waals surface area (Å²) in [6.07, 6.45) is 11.8. The summed E-state index contributed by atoms with van der Waals surface area (Å²) >= 11 is 0. The zero-order valence-corrected chi connectivity index (χ0v) is 11.2. The molecule has 4 nitrogen and oxygen atoms in total. The molecule has 0 atom stereocenters. The van der Waals surface area contributed by atoms with Gasteiger partial charge in [0.2, 0.25) is 0 Å². The van der Waals surface area contributed by atoms with Crippen molar-refractivity contribution < 1.29 is 19.1 Å². The van der Waals surface area contributed by atoms with E-state index in [4.69, 9.17) is 4.74 Å². The molecule has 0 aliphatic carbocycles. The number of carbonyl (C=O) groups excluding carboxylic acids is 2. The minimum absolute atomic E-state index is 0.180. The third-order valence-electron chi connectivity index (χ3n) is 2.54. The molecule has 0 bridgehead atoms. The molecule has 0 fully saturated rings. The van der Waals surface area contributed by atoms with Gasteiger partial charge in [0.25, 0.3) is 0 Å². The highest BCUT2D eigenvalue weighted by atomic mass is 16.5. The highest BCUT2D eigenvalue weighted by Crippen LogP contribution is 2.17. The van der Waals surface area contributed by atoms with E-state index >= 15 is 0 Å². The molecule has 0 spiro atoms. The van der Waals surface area contributed by atoms with E-state index in [1.54, 1.807) is 6.08 Å². The van der Waals surface area contributed by atoms with Crippen molar-refractivity contribution in [2.45, 2.75) is 19.8 Å². The first-order chi connectivity index (χ1) is 9.17. The first kappa shape index (κ1) is 15.0. The lowest BCUT2D eigenvalue weighted by Gasteiger charge is -2.14. The van der Waals surface area contributed by atoms with Crippen molar-refractivity contribution in [3.63, 3.8) is 0 Å². The number of carbonyl (C=O) groups is 2. The van der Waals surface area contributed by atoms with Crippen molar-refractivity contribution >= 4 is 11.9 Å². The van der Waals surface area contributed by atoms with E-state index in [-0.39, 0.29) is 25.0 Å². The summed E-state index contributed by atoms with van der Waals surface area (Å²) in [5.41, 5.74) is 1.41.